The molecule has 0 spiro atoms. The molecule has 0 aliphatic heterocycles. The van der Waals surface area contributed by atoms with E-state index in [0.717, 1.165) is 12.1 Å². The van der Waals surface area contributed by atoms with Gasteiger partial charge in [-0.25, -0.2) is 0 Å². The first kappa shape index (κ1) is 14.4. The Morgan fingerprint density at radius 3 is 2.78 bits per heavy atom. The standard InChI is InChI=1S/C11H12F3N3S/c1-2-15-10(18)17-16-7-8-4-3-5-9(6-8)11(12,13)14/h3-7H,2H2,1H3,(H2,15,17,18)/b16-7-. The highest BCUT2D eigenvalue weighted by Crippen LogP contribution is 2.29. The highest BCUT2D eigenvalue weighted by molar-refractivity contribution is 7.80. The molecule has 1 rings (SSSR count). The van der Waals surface area contributed by atoms with Gasteiger partial charge in [0.15, 0.2) is 5.11 Å². The minimum Gasteiger partial charge on any atom is -0.362 e. The third kappa shape index (κ3) is 4.70. The van der Waals surface area contributed by atoms with Crippen LogP contribution in [-0.4, -0.2) is 17.9 Å². The van der Waals surface area contributed by atoms with Gasteiger partial charge in [-0.05, 0) is 36.8 Å². The summed E-state index contributed by atoms with van der Waals surface area (Å²) in [5.41, 5.74) is 2.14. The average molecular weight is 275 g/mol. The fourth-order valence-corrected chi connectivity index (χ4v) is 1.36. The molecule has 0 unspecified atom stereocenters. The summed E-state index contributed by atoms with van der Waals surface area (Å²) in [5.74, 6) is 0. The molecule has 0 aliphatic rings. The molecule has 1 aromatic carbocycles. The van der Waals surface area contributed by atoms with E-state index < -0.39 is 11.7 Å². The molecule has 7 heteroatoms. The number of nitrogens with one attached hydrogen (secondary N) is 2. The van der Waals surface area contributed by atoms with Crippen molar-refractivity contribution in [3.05, 3.63) is 35.4 Å². The second-order valence-electron chi connectivity index (χ2n) is 3.35. The first-order valence-electron chi connectivity index (χ1n) is 5.17. The molecule has 0 saturated carbocycles. The van der Waals surface area contributed by atoms with Crippen LogP contribution in [0.3, 0.4) is 0 Å². The molecule has 3 nitrogen and oxygen atoms in total. The van der Waals surface area contributed by atoms with Crippen LogP contribution in [0.25, 0.3) is 0 Å². The van der Waals surface area contributed by atoms with Gasteiger partial charge in [-0.1, -0.05) is 12.1 Å². The van der Waals surface area contributed by atoms with Gasteiger partial charge < -0.3 is 5.32 Å². The Morgan fingerprint density at radius 2 is 2.17 bits per heavy atom. The summed E-state index contributed by atoms with van der Waals surface area (Å²) in [6.07, 6.45) is -3.07. The molecular weight excluding hydrogens is 263 g/mol. The van der Waals surface area contributed by atoms with Crippen molar-refractivity contribution in [2.45, 2.75) is 13.1 Å². The fourth-order valence-electron chi connectivity index (χ4n) is 1.16. The van der Waals surface area contributed by atoms with E-state index in [2.05, 4.69) is 15.8 Å². The lowest BCUT2D eigenvalue weighted by atomic mass is 10.1. The summed E-state index contributed by atoms with van der Waals surface area (Å²) in [4.78, 5) is 0. The summed E-state index contributed by atoms with van der Waals surface area (Å²) >= 11 is 4.84. The van der Waals surface area contributed by atoms with Crippen molar-refractivity contribution in [3.63, 3.8) is 0 Å². The number of nitrogens with zero attached hydrogens (tertiary/aromatic N) is 1. The maximum Gasteiger partial charge on any atom is 0.416 e. The van der Waals surface area contributed by atoms with Gasteiger partial charge in [0.05, 0.1) is 11.8 Å². The first-order valence-corrected chi connectivity index (χ1v) is 5.58. The third-order valence-electron chi connectivity index (χ3n) is 1.93. The second kappa shape index (κ2) is 6.34. The SMILES string of the molecule is CCNC(=S)N/N=C\c1cccc(C(F)(F)F)c1. The van der Waals surface area contributed by atoms with Crippen molar-refractivity contribution < 1.29 is 13.2 Å². The molecule has 0 saturated heterocycles. The lowest BCUT2D eigenvalue weighted by Crippen LogP contribution is -2.31. The van der Waals surface area contributed by atoms with Crippen molar-refractivity contribution in [3.8, 4) is 0 Å². The molecule has 0 heterocycles. The summed E-state index contributed by atoms with van der Waals surface area (Å²) in [6.45, 7) is 2.51. The van der Waals surface area contributed by atoms with Crippen LogP contribution in [0.4, 0.5) is 13.2 Å². The van der Waals surface area contributed by atoms with Crippen molar-refractivity contribution in [2.75, 3.05) is 6.54 Å². The van der Waals surface area contributed by atoms with E-state index in [1.807, 2.05) is 6.92 Å². The Labute approximate surface area is 108 Å². The molecule has 2 N–H and O–H groups in total. The van der Waals surface area contributed by atoms with Crippen LogP contribution in [0.1, 0.15) is 18.1 Å². The van der Waals surface area contributed by atoms with Gasteiger partial charge in [0.2, 0.25) is 0 Å². The molecule has 0 amide bonds. The largest absolute Gasteiger partial charge is 0.416 e. The number of halogens is 3. The zero-order valence-electron chi connectivity index (χ0n) is 9.58. The molecule has 18 heavy (non-hydrogen) atoms. The normalized spacial score (nSPS) is 11.6. The fraction of sp³-hybridized carbons (Fsp3) is 0.273. The maximum absolute atomic E-state index is 12.4. The summed E-state index contributed by atoms with van der Waals surface area (Å²) in [5, 5.41) is 6.85. The monoisotopic (exact) mass is 275 g/mol. The van der Waals surface area contributed by atoms with Gasteiger partial charge in [0.1, 0.15) is 0 Å². The Morgan fingerprint density at radius 1 is 1.44 bits per heavy atom. The molecule has 0 fully saturated rings. The average Bonchev–Trinajstić information content (AvgIpc) is 2.29. The lowest BCUT2D eigenvalue weighted by Gasteiger charge is -2.06. The van der Waals surface area contributed by atoms with E-state index in [1.165, 1.54) is 18.3 Å². The first-order chi connectivity index (χ1) is 8.43. The Kier molecular flexibility index (Phi) is 5.08. The van der Waals surface area contributed by atoms with Gasteiger partial charge in [0.25, 0.3) is 0 Å². The molecule has 1 aromatic rings. The zero-order valence-corrected chi connectivity index (χ0v) is 10.4. The molecule has 0 aromatic heterocycles. The van der Waals surface area contributed by atoms with E-state index in [9.17, 15) is 13.2 Å². The predicted molar refractivity (Wildman–Crippen MR) is 68.4 cm³/mol. The molecule has 0 atom stereocenters. The number of alkyl halides is 3. The number of benzene rings is 1. The third-order valence-corrected chi connectivity index (χ3v) is 2.17. The molecular formula is C11H12F3N3S. The number of rotatable bonds is 3. The molecule has 0 bridgehead atoms. The summed E-state index contributed by atoms with van der Waals surface area (Å²) < 4.78 is 37.3. The van der Waals surface area contributed by atoms with Crippen LogP contribution in [0.15, 0.2) is 29.4 Å². The van der Waals surface area contributed by atoms with Crippen molar-refractivity contribution in [1.29, 1.82) is 0 Å². The topological polar surface area (TPSA) is 36.4 Å². The lowest BCUT2D eigenvalue weighted by molar-refractivity contribution is -0.137. The van der Waals surface area contributed by atoms with Crippen molar-refractivity contribution in [2.24, 2.45) is 5.10 Å². The number of hydrazone groups is 1. The van der Waals surface area contributed by atoms with E-state index in [4.69, 9.17) is 12.2 Å². The van der Waals surface area contributed by atoms with Gasteiger partial charge in [-0.3, -0.25) is 5.43 Å². The van der Waals surface area contributed by atoms with E-state index in [-0.39, 0.29) is 0 Å². The van der Waals surface area contributed by atoms with Crippen LogP contribution in [0, 0.1) is 0 Å². The van der Waals surface area contributed by atoms with Gasteiger partial charge in [-0.2, -0.15) is 18.3 Å². The smallest absolute Gasteiger partial charge is 0.362 e. The van der Waals surface area contributed by atoms with Crippen LogP contribution in [-0.2, 0) is 6.18 Å². The van der Waals surface area contributed by atoms with E-state index in [0.29, 0.717) is 17.2 Å². The van der Waals surface area contributed by atoms with Gasteiger partial charge in [-0.15, -0.1) is 0 Å². The minimum atomic E-state index is -4.35. The Hall–Kier alpha value is -1.63. The highest BCUT2D eigenvalue weighted by atomic mass is 32.1. The zero-order chi connectivity index (χ0) is 13.6. The van der Waals surface area contributed by atoms with E-state index in [1.54, 1.807) is 0 Å². The van der Waals surface area contributed by atoms with Gasteiger partial charge >= 0.3 is 6.18 Å². The second-order valence-corrected chi connectivity index (χ2v) is 3.76. The van der Waals surface area contributed by atoms with Gasteiger partial charge in [0, 0.05) is 6.54 Å². The van der Waals surface area contributed by atoms with E-state index >= 15 is 0 Å². The molecule has 0 aliphatic carbocycles. The summed E-state index contributed by atoms with van der Waals surface area (Å²) in [7, 11) is 0. The van der Waals surface area contributed by atoms with Crippen LogP contribution in [0.2, 0.25) is 0 Å². The van der Waals surface area contributed by atoms with Crippen LogP contribution < -0.4 is 10.7 Å². The maximum atomic E-state index is 12.4. The molecule has 0 radical (unpaired) electrons. The van der Waals surface area contributed by atoms with Crippen molar-refractivity contribution in [1.82, 2.24) is 10.7 Å². The number of hydrogen-bond donors (Lipinski definition) is 2. The predicted octanol–water partition coefficient (Wildman–Crippen LogP) is 2.52. The van der Waals surface area contributed by atoms with Crippen molar-refractivity contribution >= 4 is 23.5 Å². The highest BCUT2D eigenvalue weighted by Gasteiger charge is 2.30. The summed E-state index contributed by atoms with van der Waals surface area (Å²) in [6, 6.07) is 4.87. The van der Waals surface area contributed by atoms with Crippen LogP contribution >= 0.6 is 12.2 Å². The number of hydrogen-bond acceptors (Lipinski definition) is 2. The molecule has 98 valence electrons. The minimum absolute atomic E-state index is 0.320. The van der Waals surface area contributed by atoms with Crippen LogP contribution in [0.5, 0.6) is 0 Å². The quantitative estimate of drug-likeness (QED) is 0.505. The number of thiocarbonyl (C=S) groups is 1. The Bertz CT molecular complexity index is 443. The Balaban J connectivity index is 2.68.